The second-order valence-corrected chi connectivity index (χ2v) is 9.89. The van der Waals surface area contributed by atoms with Gasteiger partial charge in [0.15, 0.2) is 19.7 Å². The van der Waals surface area contributed by atoms with Gasteiger partial charge in [-0.25, -0.2) is 16.8 Å². The molecule has 0 bridgehead atoms. The molecule has 2 heterocycles. The first kappa shape index (κ1) is 17.0. The molecule has 0 atom stereocenters. The van der Waals surface area contributed by atoms with Crippen molar-refractivity contribution in [3.05, 3.63) is 23.9 Å². The van der Waals surface area contributed by atoms with Crippen molar-refractivity contribution in [3.8, 4) is 0 Å². The summed E-state index contributed by atoms with van der Waals surface area (Å²) in [7, 11) is -7.17. The summed E-state index contributed by atoms with van der Waals surface area (Å²) < 4.78 is 50.8. The van der Waals surface area contributed by atoms with E-state index in [2.05, 4.69) is 10.3 Å². The van der Waals surface area contributed by atoms with Gasteiger partial charge in [0.2, 0.25) is 0 Å². The fourth-order valence-corrected chi connectivity index (χ4v) is 5.33. The van der Waals surface area contributed by atoms with E-state index < -0.39 is 19.7 Å². The molecular formula is C15H19N3O4S2. The third-order valence-corrected chi connectivity index (χ3v) is 6.46. The molecule has 1 aliphatic rings. The molecule has 0 spiro atoms. The largest absolute Gasteiger partial charge is 0.370 e. The van der Waals surface area contributed by atoms with E-state index in [4.69, 9.17) is 0 Å². The van der Waals surface area contributed by atoms with Gasteiger partial charge in [-0.3, -0.25) is 4.99 Å². The van der Waals surface area contributed by atoms with E-state index in [9.17, 15) is 16.8 Å². The molecule has 0 saturated heterocycles. The van der Waals surface area contributed by atoms with E-state index in [-0.39, 0.29) is 15.2 Å². The molecule has 3 rings (SSSR count). The Morgan fingerprint density at radius 2 is 1.88 bits per heavy atom. The number of aromatic nitrogens is 1. The second-order valence-electron chi connectivity index (χ2n) is 5.95. The van der Waals surface area contributed by atoms with Crippen molar-refractivity contribution in [2.24, 2.45) is 4.99 Å². The molecule has 1 aliphatic heterocycles. The molecule has 1 aromatic heterocycles. The van der Waals surface area contributed by atoms with E-state index in [0.717, 1.165) is 24.9 Å². The number of amidine groups is 1. The van der Waals surface area contributed by atoms with Crippen LogP contribution in [0.5, 0.6) is 0 Å². The van der Waals surface area contributed by atoms with Crippen LogP contribution in [0.1, 0.15) is 5.69 Å². The van der Waals surface area contributed by atoms with E-state index in [1.165, 1.54) is 6.07 Å². The first-order chi connectivity index (χ1) is 11.1. The summed E-state index contributed by atoms with van der Waals surface area (Å²) >= 11 is 0. The third-order valence-electron chi connectivity index (χ3n) is 4.08. The number of hydrogen-bond acceptors (Lipinski definition) is 6. The number of rotatable bonds is 4. The molecule has 0 fully saturated rings. The van der Waals surface area contributed by atoms with Gasteiger partial charge in [-0.2, -0.15) is 0 Å². The second kappa shape index (κ2) is 5.59. The van der Waals surface area contributed by atoms with E-state index in [0.29, 0.717) is 24.3 Å². The summed E-state index contributed by atoms with van der Waals surface area (Å²) in [6, 6.07) is 4.81. The van der Waals surface area contributed by atoms with E-state index in [1.54, 1.807) is 23.6 Å². The van der Waals surface area contributed by atoms with Gasteiger partial charge in [0.1, 0.15) is 5.84 Å². The lowest BCUT2D eigenvalue weighted by molar-refractivity contribution is 0.601. The molecule has 0 saturated carbocycles. The van der Waals surface area contributed by atoms with Crippen LogP contribution >= 0.6 is 0 Å². The number of aliphatic imine (C=N–C) groups is 1. The molecule has 9 heteroatoms. The summed E-state index contributed by atoms with van der Waals surface area (Å²) in [6.45, 7) is 3.51. The Morgan fingerprint density at radius 3 is 2.42 bits per heavy atom. The lowest BCUT2D eigenvalue weighted by Crippen LogP contribution is -2.24. The lowest BCUT2D eigenvalue weighted by Gasteiger charge is -2.09. The normalized spacial score (nSPS) is 15.5. The predicted octanol–water partition coefficient (Wildman–Crippen LogP) is 0.758. The Morgan fingerprint density at radius 1 is 1.17 bits per heavy atom. The zero-order valence-corrected chi connectivity index (χ0v) is 15.3. The quantitative estimate of drug-likeness (QED) is 0.858. The zero-order chi connectivity index (χ0) is 17.7. The van der Waals surface area contributed by atoms with Crippen LogP contribution < -0.4 is 5.32 Å². The van der Waals surface area contributed by atoms with Gasteiger partial charge in [-0.15, -0.1) is 0 Å². The minimum Gasteiger partial charge on any atom is -0.370 e. The molecule has 1 aromatic carbocycles. The Bertz CT molecular complexity index is 1060. The smallest absolute Gasteiger partial charge is 0.177 e. The number of hydrogen-bond donors (Lipinski definition) is 1. The Kier molecular flexibility index (Phi) is 3.95. The highest BCUT2D eigenvalue weighted by atomic mass is 32.2. The molecule has 2 aromatic rings. The Hall–Kier alpha value is -1.87. The van der Waals surface area contributed by atoms with Crippen LogP contribution in [0.25, 0.3) is 10.9 Å². The third kappa shape index (κ3) is 2.82. The molecule has 1 N–H and O–H groups in total. The minimum atomic E-state index is -3.60. The number of sulfone groups is 2. The van der Waals surface area contributed by atoms with Crippen molar-refractivity contribution in [2.45, 2.75) is 23.3 Å². The van der Waals surface area contributed by atoms with Gasteiger partial charge < -0.3 is 9.88 Å². The molecule has 7 nitrogen and oxygen atoms in total. The first-order valence-electron chi connectivity index (χ1n) is 7.40. The first-order valence-corrected chi connectivity index (χ1v) is 11.2. The molecule has 0 unspecified atom stereocenters. The fourth-order valence-electron chi connectivity index (χ4n) is 3.13. The van der Waals surface area contributed by atoms with Crippen LogP contribution in [0.4, 0.5) is 0 Å². The fraction of sp³-hybridized carbons (Fsp3) is 0.400. The topological polar surface area (TPSA) is 97.6 Å². The summed E-state index contributed by atoms with van der Waals surface area (Å²) in [5.41, 5.74) is 1.09. The lowest BCUT2D eigenvalue weighted by atomic mass is 10.2. The van der Waals surface area contributed by atoms with Gasteiger partial charge in [-0.1, -0.05) is 6.07 Å². The summed E-state index contributed by atoms with van der Waals surface area (Å²) in [5, 5.41) is 3.41. The average Bonchev–Trinajstić information content (AvgIpc) is 3.04. The van der Waals surface area contributed by atoms with Gasteiger partial charge >= 0.3 is 0 Å². The maximum Gasteiger partial charge on any atom is 0.177 e. The predicted molar refractivity (Wildman–Crippen MR) is 93.2 cm³/mol. The van der Waals surface area contributed by atoms with Crippen LogP contribution in [0, 0.1) is 6.92 Å². The summed E-state index contributed by atoms with van der Waals surface area (Å²) in [6.07, 6.45) is 2.19. The number of nitrogens with one attached hydrogen (secondary N) is 1. The molecule has 130 valence electrons. The van der Waals surface area contributed by atoms with Crippen molar-refractivity contribution in [1.82, 2.24) is 9.88 Å². The number of fused-ring (bicyclic) bond motifs is 1. The van der Waals surface area contributed by atoms with Gasteiger partial charge in [0, 0.05) is 30.1 Å². The van der Waals surface area contributed by atoms with Gasteiger partial charge in [-0.05, 0) is 19.1 Å². The van der Waals surface area contributed by atoms with E-state index >= 15 is 0 Å². The van der Waals surface area contributed by atoms with Crippen molar-refractivity contribution < 1.29 is 16.8 Å². The standard InChI is InChI=1S/C15H19N3O4S2/c1-10-15(24(3,21)22)14-11(5-4-6-12(14)23(2,19)20)18(10)9-13-16-7-8-17-13/h4-6H,7-9H2,1-3H3,(H,16,17). The van der Waals surface area contributed by atoms with Crippen molar-refractivity contribution >= 4 is 36.4 Å². The summed E-state index contributed by atoms with van der Waals surface area (Å²) in [5.74, 6) is 0.764. The average molecular weight is 369 g/mol. The Labute approximate surface area is 141 Å². The highest BCUT2D eigenvalue weighted by Crippen LogP contribution is 2.34. The minimum absolute atomic E-state index is 0.0311. The summed E-state index contributed by atoms with van der Waals surface area (Å²) in [4.78, 5) is 4.44. The van der Waals surface area contributed by atoms with Crippen molar-refractivity contribution in [3.63, 3.8) is 0 Å². The number of nitrogens with zero attached hydrogens (tertiary/aromatic N) is 2. The molecular weight excluding hydrogens is 350 g/mol. The van der Waals surface area contributed by atoms with Crippen LogP contribution in [-0.4, -0.2) is 52.8 Å². The maximum absolute atomic E-state index is 12.3. The Balaban J connectivity index is 2.41. The maximum atomic E-state index is 12.3. The van der Waals surface area contributed by atoms with Crippen molar-refractivity contribution in [1.29, 1.82) is 0 Å². The highest BCUT2D eigenvalue weighted by Gasteiger charge is 2.27. The molecule has 0 aliphatic carbocycles. The van der Waals surface area contributed by atoms with Crippen LogP contribution in [0.15, 0.2) is 33.0 Å². The zero-order valence-electron chi connectivity index (χ0n) is 13.7. The van der Waals surface area contributed by atoms with Gasteiger partial charge in [0.05, 0.1) is 28.4 Å². The molecule has 0 radical (unpaired) electrons. The van der Waals surface area contributed by atoms with E-state index in [1.807, 2.05) is 0 Å². The van der Waals surface area contributed by atoms with Crippen LogP contribution in [-0.2, 0) is 26.2 Å². The van der Waals surface area contributed by atoms with Gasteiger partial charge in [0.25, 0.3) is 0 Å². The van der Waals surface area contributed by atoms with Crippen LogP contribution in [0.3, 0.4) is 0 Å². The molecule has 0 amide bonds. The van der Waals surface area contributed by atoms with Crippen LogP contribution in [0.2, 0.25) is 0 Å². The SMILES string of the molecule is Cc1c(S(C)(=O)=O)c2c(S(C)(=O)=O)cccc2n1CC1=NCCN1. The number of benzene rings is 1. The van der Waals surface area contributed by atoms with Crippen molar-refractivity contribution in [2.75, 3.05) is 25.6 Å². The molecule has 24 heavy (non-hydrogen) atoms. The monoisotopic (exact) mass is 369 g/mol. The highest BCUT2D eigenvalue weighted by molar-refractivity contribution is 7.92.